The van der Waals surface area contributed by atoms with Crippen molar-refractivity contribution < 1.29 is 14.3 Å². The molecular weight excluding hydrogens is 392 g/mol. The zero-order valence-electron chi connectivity index (χ0n) is 16.5. The van der Waals surface area contributed by atoms with Crippen molar-refractivity contribution in [2.24, 2.45) is 0 Å². The van der Waals surface area contributed by atoms with E-state index in [0.717, 1.165) is 24.5 Å². The maximum Gasteiger partial charge on any atom is 0.251 e. The van der Waals surface area contributed by atoms with Crippen LogP contribution < -0.4 is 15.5 Å². The van der Waals surface area contributed by atoms with Crippen LogP contribution in [0, 0.1) is 0 Å². The summed E-state index contributed by atoms with van der Waals surface area (Å²) in [6.45, 7) is 5.95. The van der Waals surface area contributed by atoms with Gasteiger partial charge >= 0.3 is 0 Å². The summed E-state index contributed by atoms with van der Waals surface area (Å²) < 4.78 is 5.75. The normalized spacial score (nSPS) is 18.9. The quantitative estimate of drug-likeness (QED) is 0.755. The van der Waals surface area contributed by atoms with Gasteiger partial charge in [0.1, 0.15) is 5.82 Å². The molecule has 1 aliphatic heterocycles. The number of carbonyl (C=O) groups is 2. The highest BCUT2D eigenvalue weighted by Crippen LogP contribution is 2.18. The second kappa shape index (κ2) is 9.71. The third-order valence-corrected chi connectivity index (χ3v) is 4.77. The Labute approximate surface area is 175 Å². The summed E-state index contributed by atoms with van der Waals surface area (Å²) in [5, 5.41) is 5.83. The van der Waals surface area contributed by atoms with Gasteiger partial charge in [0.05, 0.1) is 18.8 Å². The molecule has 2 aromatic rings. The van der Waals surface area contributed by atoms with Gasteiger partial charge in [0.2, 0.25) is 5.91 Å². The van der Waals surface area contributed by atoms with E-state index in [1.807, 2.05) is 12.1 Å². The van der Waals surface area contributed by atoms with Gasteiger partial charge in [0, 0.05) is 36.4 Å². The minimum Gasteiger partial charge on any atom is -0.372 e. The van der Waals surface area contributed by atoms with Crippen LogP contribution in [-0.4, -0.2) is 48.6 Å². The van der Waals surface area contributed by atoms with Crippen LogP contribution in [0.25, 0.3) is 0 Å². The highest BCUT2D eigenvalue weighted by atomic mass is 35.5. The number of amides is 2. The Balaban J connectivity index is 1.45. The van der Waals surface area contributed by atoms with Crippen LogP contribution in [-0.2, 0) is 16.1 Å². The molecule has 0 bridgehead atoms. The Bertz CT molecular complexity index is 849. The molecule has 29 heavy (non-hydrogen) atoms. The van der Waals surface area contributed by atoms with E-state index < -0.39 is 0 Å². The number of benzene rings is 1. The van der Waals surface area contributed by atoms with Crippen LogP contribution in [0.4, 0.5) is 5.82 Å². The van der Waals surface area contributed by atoms with E-state index in [1.165, 1.54) is 0 Å². The molecule has 0 saturated carbocycles. The van der Waals surface area contributed by atoms with E-state index in [0.29, 0.717) is 17.1 Å². The van der Waals surface area contributed by atoms with Crippen molar-refractivity contribution in [2.45, 2.75) is 32.6 Å². The van der Waals surface area contributed by atoms with Gasteiger partial charge in [-0.15, -0.1) is 0 Å². The summed E-state index contributed by atoms with van der Waals surface area (Å²) in [7, 11) is 0. The predicted molar refractivity (Wildman–Crippen MR) is 112 cm³/mol. The number of hydrogen-bond acceptors (Lipinski definition) is 5. The van der Waals surface area contributed by atoms with Gasteiger partial charge in [-0.3, -0.25) is 9.59 Å². The van der Waals surface area contributed by atoms with Crippen molar-refractivity contribution in [3.8, 4) is 0 Å². The van der Waals surface area contributed by atoms with Crippen molar-refractivity contribution in [2.75, 3.05) is 24.5 Å². The first-order valence-corrected chi connectivity index (χ1v) is 9.94. The lowest BCUT2D eigenvalue weighted by atomic mass is 10.2. The number of rotatable bonds is 6. The van der Waals surface area contributed by atoms with Crippen LogP contribution in [0.15, 0.2) is 42.6 Å². The van der Waals surface area contributed by atoms with Gasteiger partial charge < -0.3 is 20.3 Å². The van der Waals surface area contributed by atoms with Gasteiger partial charge in [-0.05, 0) is 43.7 Å². The van der Waals surface area contributed by atoms with Gasteiger partial charge in [0.15, 0.2) is 0 Å². The number of pyridine rings is 1. The molecule has 1 aromatic carbocycles. The van der Waals surface area contributed by atoms with Crippen LogP contribution in [0.2, 0.25) is 5.02 Å². The first kappa shape index (κ1) is 21.1. The molecule has 2 unspecified atom stereocenters. The van der Waals surface area contributed by atoms with Gasteiger partial charge in [0.25, 0.3) is 5.91 Å². The van der Waals surface area contributed by atoms with E-state index in [4.69, 9.17) is 16.3 Å². The van der Waals surface area contributed by atoms with Crippen LogP contribution in [0.1, 0.15) is 29.8 Å². The molecule has 2 atom stereocenters. The van der Waals surface area contributed by atoms with Crippen molar-refractivity contribution in [3.05, 3.63) is 58.7 Å². The Kier molecular flexibility index (Phi) is 7.06. The molecule has 1 saturated heterocycles. The fourth-order valence-corrected chi connectivity index (χ4v) is 3.42. The van der Waals surface area contributed by atoms with Crippen LogP contribution >= 0.6 is 11.6 Å². The van der Waals surface area contributed by atoms with Gasteiger partial charge in [-0.1, -0.05) is 23.7 Å². The van der Waals surface area contributed by atoms with Gasteiger partial charge in [-0.25, -0.2) is 4.98 Å². The smallest absolute Gasteiger partial charge is 0.251 e. The second-order valence-electron chi connectivity index (χ2n) is 7.16. The molecule has 2 N–H and O–H groups in total. The average molecular weight is 417 g/mol. The Morgan fingerprint density at radius 1 is 1.17 bits per heavy atom. The third kappa shape index (κ3) is 6.17. The summed E-state index contributed by atoms with van der Waals surface area (Å²) in [5.74, 6) is 0.277. The highest BCUT2D eigenvalue weighted by molar-refractivity contribution is 6.30. The fourth-order valence-electron chi connectivity index (χ4n) is 3.23. The molecule has 0 spiro atoms. The molecule has 154 valence electrons. The zero-order chi connectivity index (χ0) is 20.8. The van der Waals surface area contributed by atoms with E-state index in [9.17, 15) is 9.59 Å². The minimum absolute atomic E-state index is 0.111. The first-order valence-electron chi connectivity index (χ1n) is 9.56. The molecule has 3 rings (SSSR count). The van der Waals surface area contributed by atoms with Crippen molar-refractivity contribution >= 4 is 29.2 Å². The average Bonchev–Trinajstić information content (AvgIpc) is 2.70. The Morgan fingerprint density at radius 2 is 1.93 bits per heavy atom. The number of aromatic nitrogens is 1. The molecular formula is C21H25ClN4O3. The third-order valence-electron chi connectivity index (χ3n) is 4.54. The molecule has 2 heterocycles. The lowest BCUT2D eigenvalue weighted by Crippen LogP contribution is -2.45. The standard InChI is InChI=1S/C21H25ClN4O3/c1-14-12-26(13-15(2)29-14)19-7-6-16(9-23-19)10-24-20(27)11-25-21(28)17-4-3-5-18(22)8-17/h3-9,14-15H,10-13H2,1-2H3,(H,24,27)(H,25,28). The van der Waals surface area contributed by atoms with Crippen LogP contribution in [0.5, 0.6) is 0 Å². The van der Waals surface area contributed by atoms with Crippen molar-refractivity contribution in [3.63, 3.8) is 0 Å². The van der Waals surface area contributed by atoms with Crippen molar-refractivity contribution in [1.82, 2.24) is 15.6 Å². The lowest BCUT2D eigenvalue weighted by Gasteiger charge is -2.36. The number of morpholine rings is 1. The summed E-state index contributed by atoms with van der Waals surface area (Å²) in [4.78, 5) is 30.8. The molecule has 0 aliphatic carbocycles. The minimum atomic E-state index is -0.345. The summed E-state index contributed by atoms with van der Waals surface area (Å²) in [5.41, 5.74) is 1.30. The number of ether oxygens (including phenoxy) is 1. The largest absolute Gasteiger partial charge is 0.372 e. The Hall–Kier alpha value is -2.64. The lowest BCUT2D eigenvalue weighted by molar-refractivity contribution is -0.120. The number of hydrogen-bond donors (Lipinski definition) is 2. The summed E-state index contributed by atoms with van der Waals surface area (Å²) in [6.07, 6.45) is 2.09. The van der Waals surface area contributed by atoms with Gasteiger partial charge in [-0.2, -0.15) is 0 Å². The molecule has 1 fully saturated rings. The number of carbonyl (C=O) groups excluding carboxylic acids is 2. The monoisotopic (exact) mass is 416 g/mol. The molecule has 2 amide bonds. The predicted octanol–water partition coefficient (Wildman–Crippen LogP) is 2.39. The Morgan fingerprint density at radius 3 is 2.59 bits per heavy atom. The maximum absolute atomic E-state index is 12.0. The first-order chi connectivity index (χ1) is 13.9. The fraction of sp³-hybridized carbons (Fsp3) is 0.381. The number of nitrogens with one attached hydrogen (secondary N) is 2. The second-order valence-corrected chi connectivity index (χ2v) is 7.59. The molecule has 0 radical (unpaired) electrons. The number of halogens is 1. The number of nitrogens with zero attached hydrogens (tertiary/aromatic N) is 2. The highest BCUT2D eigenvalue weighted by Gasteiger charge is 2.22. The van der Waals surface area contributed by atoms with E-state index in [1.54, 1.807) is 30.5 Å². The summed E-state index contributed by atoms with van der Waals surface area (Å²) >= 11 is 5.87. The molecule has 1 aliphatic rings. The van der Waals surface area contributed by atoms with E-state index in [2.05, 4.69) is 34.4 Å². The van der Waals surface area contributed by atoms with Crippen LogP contribution in [0.3, 0.4) is 0 Å². The van der Waals surface area contributed by atoms with E-state index >= 15 is 0 Å². The summed E-state index contributed by atoms with van der Waals surface area (Å²) in [6, 6.07) is 10.5. The molecule has 1 aromatic heterocycles. The topological polar surface area (TPSA) is 83.6 Å². The number of anilines is 1. The zero-order valence-corrected chi connectivity index (χ0v) is 17.3. The molecule has 7 nitrogen and oxygen atoms in total. The SMILES string of the molecule is CC1CN(c2ccc(CNC(=O)CNC(=O)c3cccc(Cl)c3)cn2)CC(C)O1. The maximum atomic E-state index is 12.0. The molecule has 8 heteroatoms. The van der Waals surface area contributed by atoms with Crippen molar-refractivity contribution in [1.29, 1.82) is 0 Å². The van der Waals surface area contributed by atoms with E-state index in [-0.39, 0.29) is 30.6 Å².